The Kier molecular flexibility index (Phi) is 8.14. The fourth-order valence-electron chi connectivity index (χ4n) is 9.49. The van der Waals surface area contributed by atoms with Crippen LogP contribution in [0.2, 0.25) is 0 Å². The van der Waals surface area contributed by atoms with Crippen molar-refractivity contribution >= 4 is 50.8 Å². The molecule has 2 aromatic heterocycles. The molecule has 2 heterocycles. The van der Waals surface area contributed by atoms with Crippen LogP contribution >= 0.6 is 0 Å². The number of nitrogens with zero attached hydrogens (tertiary/aromatic N) is 3. The number of benzene rings is 8. The summed E-state index contributed by atoms with van der Waals surface area (Å²) in [7, 11) is -2.71. The van der Waals surface area contributed by atoms with E-state index in [4.69, 9.17) is 19.4 Å². The summed E-state index contributed by atoms with van der Waals surface area (Å²) in [5.74, 6) is 1.89. The van der Waals surface area contributed by atoms with Crippen LogP contribution in [-0.4, -0.2) is 23.0 Å². The van der Waals surface area contributed by atoms with Gasteiger partial charge in [0.2, 0.25) is 0 Å². The van der Waals surface area contributed by atoms with E-state index in [2.05, 4.69) is 190 Å². The summed E-state index contributed by atoms with van der Waals surface area (Å²) in [6.07, 6.45) is 0. The molecular formula is C54H39N3OSi. The van der Waals surface area contributed by atoms with Crippen LogP contribution in [0.1, 0.15) is 25.0 Å². The fraction of sp³-hybridized carbons (Fsp3) is 0.0556. The highest BCUT2D eigenvalue weighted by atomic mass is 28.3. The molecule has 0 saturated carbocycles. The van der Waals surface area contributed by atoms with E-state index in [0.29, 0.717) is 17.5 Å². The predicted molar refractivity (Wildman–Crippen MR) is 245 cm³/mol. The van der Waals surface area contributed by atoms with Crippen molar-refractivity contribution in [3.63, 3.8) is 0 Å². The molecule has 4 nitrogen and oxygen atoms in total. The monoisotopic (exact) mass is 773 g/mol. The molecule has 0 bridgehead atoms. The van der Waals surface area contributed by atoms with Gasteiger partial charge in [0.05, 0.1) is 0 Å². The first kappa shape index (κ1) is 35.0. The van der Waals surface area contributed by atoms with Gasteiger partial charge in [-0.3, -0.25) is 0 Å². The Bertz CT molecular complexity index is 3080. The van der Waals surface area contributed by atoms with Crippen molar-refractivity contribution in [3.05, 3.63) is 211 Å². The van der Waals surface area contributed by atoms with E-state index in [1.807, 2.05) is 24.3 Å². The first-order chi connectivity index (χ1) is 29.0. The Labute approximate surface area is 344 Å². The first-order valence-corrected chi connectivity index (χ1v) is 22.2. The lowest BCUT2D eigenvalue weighted by Gasteiger charge is -2.34. The molecule has 8 aromatic carbocycles. The second-order valence-corrected chi connectivity index (χ2v) is 19.7. The van der Waals surface area contributed by atoms with Gasteiger partial charge in [-0.1, -0.05) is 190 Å². The first-order valence-electron chi connectivity index (χ1n) is 20.2. The number of aromatic nitrogens is 3. The van der Waals surface area contributed by atoms with Gasteiger partial charge in [0.1, 0.15) is 11.2 Å². The molecule has 5 heteroatoms. The highest BCUT2D eigenvalue weighted by Gasteiger charge is 2.41. The quantitative estimate of drug-likeness (QED) is 0.120. The van der Waals surface area contributed by atoms with Crippen molar-refractivity contribution in [2.24, 2.45) is 0 Å². The van der Waals surface area contributed by atoms with Crippen LogP contribution in [0.25, 0.3) is 67.2 Å². The molecule has 0 atom stereocenters. The average Bonchev–Trinajstić information content (AvgIpc) is 3.79. The summed E-state index contributed by atoms with van der Waals surface area (Å²) in [6.45, 7) is 4.61. The number of hydrogen-bond donors (Lipinski definition) is 0. The Balaban J connectivity index is 1.12. The van der Waals surface area contributed by atoms with E-state index in [0.717, 1.165) is 38.6 Å². The normalized spacial score (nSPS) is 13.1. The molecule has 0 amide bonds. The lowest BCUT2D eigenvalue weighted by Crippen LogP contribution is -2.74. The lowest BCUT2D eigenvalue weighted by molar-refractivity contribution is 0.660. The summed E-state index contributed by atoms with van der Waals surface area (Å²) in [6, 6.07) is 71.8. The van der Waals surface area contributed by atoms with E-state index in [9.17, 15) is 0 Å². The maximum Gasteiger partial charge on any atom is 0.179 e. The minimum Gasteiger partial charge on any atom is -0.456 e. The molecule has 0 fully saturated rings. The number of hydrogen-bond acceptors (Lipinski definition) is 4. The summed E-state index contributed by atoms with van der Waals surface area (Å²) < 4.78 is 6.22. The SMILES string of the molecule is CC1(C)c2ccccc2-c2c(-c3nc(-c4ccc([Si](c5ccccc5)(c5ccccc5)c5ccccc5)cc4)nc(-c4ccc5oc6ccccc6c5c4)n3)cccc21. The Morgan fingerprint density at radius 2 is 0.881 bits per heavy atom. The van der Waals surface area contributed by atoms with Gasteiger partial charge in [-0.15, -0.1) is 0 Å². The maximum absolute atomic E-state index is 6.22. The number of rotatable bonds is 7. The molecule has 0 aliphatic heterocycles. The van der Waals surface area contributed by atoms with Crippen LogP contribution in [0.3, 0.4) is 0 Å². The molecule has 59 heavy (non-hydrogen) atoms. The molecule has 0 saturated heterocycles. The van der Waals surface area contributed by atoms with Crippen molar-refractivity contribution in [1.29, 1.82) is 0 Å². The third kappa shape index (κ3) is 5.53. The number of furan rings is 1. The molecule has 0 spiro atoms. The van der Waals surface area contributed by atoms with E-state index < -0.39 is 8.07 Å². The highest BCUT2D eigenvalue weighted by molar-refractivity contribution is 7.19. The zero-order valence-electron chi connectivity index (χ0n) is 32.8. The van der Waals surface area contributed by atoms with E-state index >= 15 is 0 Å². The second kappa shape index (κ2) is 13.7. The summed E-state index contributed by atoms with van der Waals surface area (Å²) in [5, 5.41) is 7.38. The second-order valence-electron chi connectivity index (χ2n) is 15.9. The van der Waals surface area contributed by atoms with E-state index in [1.165, 1.54) is 43.0 Å². The molecule has 0 unspecified atom stereocenters. The Hall–Kier alpha value is -7.21. The topological polar surface area (TPSA) is 51.8 Å². The van der Waals surface area contributed by atoms with Crippen molar-refractivity contribution in [3.8, 4) is 45.3 Å². The molecule has 0 radical (unpaired) electrons. The van der Waals surface area contributed by atoms with Crippen molar-refractivity contribution < 1.29 is 4.42 Å². The number of fused-ring (bicyclic) bond motifs is 6. The van der Waals surface area contributed by atoms with Gasteiger partial charge < -0.3 is 4.42 Å². The van der Waals surface area contributed by atoms with Crippen molar-refractivity contribution in [2.45, 2.75) is 19.3 Å². The zero-order chi connectivity index (χ0) is 39.6. The van der Waals surface area contributed by atoms with Crippen molar-refractivity contribution in [2.75, 3.05) is 0 Å². The van der Waals surface area contributed by atoms with Gasteiger partial charge in [0.25, 0.3) is 0 Å². The van der Waals surface area contributed by atoms with Crippen LogP contribution in [0.15, 0.2) is 205 Å². The molecular weight excluding hydrogens is 735 g/mol. The molecule has 10 aromatic rings. The predicted octanol–water partition coefficient (Wildman–Crippen LogP) is 10.5. The van der Waals surface area contributed by atoms with E-state index in [-0.39, 0.29) is 5.41 Å². The molecule has 1 aliphatic carbocycles. The summed E-state index contributed by atoms with van der Waals surface area (Å²) in [4.78, 5) is 15.9. The zero-order valence-corrected chi connectivity index (χ0v) is 33.8. The summed E-state index contributed by atoms with van der Waals surface area (Å²) >= 11 is 0. The van der Waals surface area contributed by atoms with Gasteiger partial charge in [-0.25, -0.2) is 15.0 Å². The Morgan fingerprint density at radius 3 is 1.56 bits per heavy atom. The standard InChI is InChI=1S/C54H39N3OSi/c1-54(2)46-26-14-12-24-43(46)50-44(25-16-27-47(50)54)53-56-51(55-52(57-53)37-31-34-49-45(35-37)42-23-13-15-28-48(42)58-49)36-29-32-41(33-30-36)59(38-17-6-3-7-18-38,39-19-8-4-9-20-39)40-21-10-5-11-22-40/h3-35H,1-2H3. The van der Waals surface area contributed by atoms with Crippen LogP contribution in [0.4, 0.5) is 0 Å². The smallest absolute Gasteiger partial charge is 0.179 e. The van der Waals surface area contributed by atoms with Crippen LogP contribution < -0.4 is 20.7 Å². The van der Waals surface area contributed by atoms with Crippen LogP contribution in [-0.2, 0) is 5.41 Å². The van der Waals surface area contributed by atoms with Crippen molar-refractivity contribution in [1.82, 2.24) is 15.0 Å². The Morgan fingerprint density at radius 1 is 0.390 bits per heavy atom. The van der Waals surface area contributed by atoms with Crippen LogP contribution in [0, 0.1) is 0 Å². The van der Waals surface area contributed by atoms with Gasteiger partial charge in [-0.05, 0) is 67.3 Å². The average molecular weight is 774 g/mol. The molecule has 1 aliphatic rings. The third-order valence-corrected chi connectivity index (χ3v) is 17.1. The largest absolute Gasteiger partial charge is 0.456 e. The highest BCUT2D eigenvalue weighted by Crippen LogP contribution is 2.51. The molecule has 280 valence electrons. The van der Waals surface area contributed by atoms with Gasteiger partial charge in [0, 0.05) is 32.9 Å². The minimum atomic E-state index is -2.71. The van der Waals surface area contributed by atoms with Crippen LogP contribution in [0.5, 0.6) is 0 Å². The van der Waals surface area contributed by atoms with Gasteiger partial charge >= 0.3 is 0 Å². The minimum absolute atomic E-state index is 0.156. The molecule has 11 rings (SSSR count). The molecule has 0 N–H and O–H groups in total. The number of para-hydroxylation sites is 1. The lowest BCUT2D eigenvalue weighted by atomic mass is 9.82. The van der Waals surface area contributed by atoms with Gasteiger partial charge in [0.15, 0.2) is 25.5 Å². The van der Waals surface area contributed by atoms with E-state index in [1.54, 1.807) is 0 Å². The third-order valence-electron chi connectivity index (χ3n) is 12.3. The summed E-state index contributed by atoms with van der Waals surface area (Å²) in [5.41, 5.74) is 9.38. The van der Waals surface area contributed by atoms with Gasteiger partial charge in [-0.2, -0.15) is 0 Å². The fourth-order valence-corrected chi connectivity index (χ4v) is 14.2. The maximum atomic E-state index is 6.22.